The fourth-order valence-electron chi connectivity index (χ4n) is 2.52. The average Bonchev–Trinajstić information content (AvgIpc) is 2.92. The normalized spacial score (nSPS) is 16.8. The molecule has 0 aromatic heterocycles. The van der Waals surface area contributed by atoms with Gasteiger partial charge in [-0.05, 0) is 25.0 Å². The summed E-state index contributed by atoms with van der Waals surface area (Å²) in [5, 5.41) is 13.2. The van der Waals surface area contributed by atoms with Gasteiger partial charge in [0.2, 0.25) is 0 Å². The third-order valence-electron chi connectivity index (χ3n) is 3.73. The molecule has 22 heavy (non-hydrogen) atoms. The molecule has 1 aromatic rings. The standard InChI is InChI=1S/C15H23N3O3.HI/c1-20-12-6-5-11(9-13(12)21-2)18-14(16)17-10-15(19)7-3-4-8-15;/h5-6,9,19H,3-4,7-8,10H2,1-2H3,(H3,16,17,18);1H. The summed E-state index contributed by atoms with van der Waals surface area (Å²) >= 11 is 0. The SMILES string of the molecule is COc1ccc(NC(N)=NCC2(O)CCCC2)cc1OC.I. The third kappa shape index (κ3) is 4.91. The van der Waals surface area contributed by atoms with Crippen LogP contribution in [0.5, 0.6) is 11.5 Å². The summed E-state index contributed by atoms with van der Waals surface area (Å²) < 4.78 is 10.4. The van der Waals surface area contributed by atoms with Gasteiger partial charge in [-0.15, -0.1) is 24.0 Å². The summed E-state index contributed by atoms with van der Waals surface area (Å²) in [6.45, 7) is 0.332. The summed E-state index contributed by atoms with van der Waals surface area (Å²) in [5.41, 5.74) is 5.93. The lowest BCUT2D eigenvalue weighted by molar-refractivity contribution is 0.0575. The van der Waals surface area contributed by atoms with E-state index in [1.54, 1.807) is 26.4 Å². The van der Waals surface area contributed by atoms with Crippen molar-refractivity contribution in [3.05, 3.63) is 18.2 Å². The molecule has 0 heterocycles. The first-order valence-electron chi connectivity index (χ1n) is 7.08. The lowest BCUT2D eigenvalue weighted by Crippen LogP contribution is -2.31. The number of ether oxygens (including phenoxy) is 2. The molecule has 1 fully saturated rings. The molecule has 0 amide bonds. The Labute approximate surface area is 148 Å². The monoisotopic (exact) mass is 421 g/mol. The second kappa shape index (κ2) is 8.42. The van der Waals surface area contributed by atoms with Crippen molar-refractivity contribution in [3.63, 3.8) is 0 Å². The Morgan fingerprint density at radius 3 is 2.50 bits per heavy atom. The molecule has 0 bridgehead atoms. The number of benzene rings is 1. The minimum absolute atomic E-state index is 0. The van der Waals surface area contributed by atoms with Gasteiger partial charge in [0.25, 0.3) is 0 Å². The van der Waals surface area contributed by atoms with Crippen molar-refractivity contribution in [1.82, 2.24) is 0 Å². The van der Waals surface area contributed by atoms with Crippen LogP contribution < -0.4 is 20.5 Å². The van der Waals surface area contributed by atoms with E-state index < -0.39 is 5.60 Å². The Bertz CT molecular complexity index is 517. The van der Waals surface area contributed by atoms with Gasteiger partial charge in [0, 0.05) is 11.8 Å². The van der Waals surface area contributed by atoms with Crippen LogP contribution in [0.3, 0.4) is 0 Å². The third-order valence-corrected chi connectivity index (χ3v) is 3.73. The summed E-state index contributed by atoms with van der Waals surface area (Å²) in [7, 11) is 3.16. The van der Waals surface area contributed by atoms with Crippen molar-refractivity contribution < 1.29 is 14.6 Å². The van der Waals surface area contributed by atoms with E-state index in [0.29, 0.717) is 18.0 Å². The molecular weight excluding hydrogens is 397 g/mol. The van der Waals surface area contributed by atoms with Gasteiger partial charge in [-0.2, -0.15) is 0 Å². The van der Waals surface area contributed by atoms with Crippen LogP contribution in [-0.2, 0) is 0 Å². The second-order valence-electron chi connectivity index (χ2n) is 5.33. The summed E-state index contributed by atoms with van der Waals surface area (Å²) in [5.74, 6) is 1.55. The highest BCUT2D eigenvalue weighted by Gasteiger charge is 2.30. The molecule has 0 unspecified atom stereocenters. The van der Waals surface area contributed by atoms with Gasteiger partial charge in [0.15, 0.2) is 17.5 Å². The Kier molecular flexibility index (Phi) is 7.21. The molecule has 1 aliphatic carbocycles. The van der Waals surface area contributed by atoms with E-state index in [2.05, 4.69) is 10.3 Å². The quantitative estimate of drug-likeness (QED) is 0.386. The van der Waals surface area contributed by atoms with Crippen molar-refractivity contribution in [2.24, 2.45) is 10.7 Å². The lowest BCUT2D eigenvalue weighted by atomic mass is 10.0. The van der Waals surface area contributed by atoms with Crippen LogP contribution in [0.2, 0.25) is 0 Å². The summed E-state index contributed by atoms with van der Waals surface area (Å²) in [6.07, 6.45) is 3.68. The van der Waals surface area contributed by atoms with Crippen molar-refractivity contribution in [1.29, 1.82) is 0 Å². The van der Waals surface area contributed by atoms with Gasteiger partial charge in [0.1, 0.15) is 0 Å². The van der Waals surface area contributed by atoms with Crippen LogP contribution in [0.1, 0.15) is 25.7 Å². The number of hydrogen-bond donors (Lipinski definition) is 3. The molecule has 0 spiro atoms. The molecule has 1 saturated carbocycles. The van der Waals surface area contributed by atoms with E-state index in [1.807, 2.05) is 6.07 Å². The van der Waals surface area contributed by atoms with Crippen LogP contribution in [0, 0.1) is 0 Å². The number of halogens is 1. The molecule has 0 aliphatic heterocycles. The predicted octanol–water partition coefficient (Wildman–Crippen LogP) is 2.35. The highest BCUT2D eigenvalue weighted by atomic mass is 127. The molecular formula is C15H24IN3O3. The molecule has 7 heteroatoms. The van der Waals surface area contributed by atoms with Gasteiger partial charge in [-0.25, -0.2) is 0 Å². The maximum Gasteiger partial charge on any atom is 0.193 e. The molecule has 0 saturated heterocycles. The predicted molar refractivity (Wildman–Crippen MR) is 98.5 cm³/mol. The van der Waals surface area contributed by atoms with Crippen LogP contribution in [0.15, 0.2) is 23.2 Å². The first kappa shape index (κ1) is 18.8. The van der Waals surface area contributed by atoms with Crippen molar-refractivity contribution >= 4 is 35.6 Å². The first-order chi connectivity index (χ1) is 10.1. The highest BCUT2D eigenvalue weighted by Crippen LogP contribution is 2.30. The first-order valence-corrected chi connectivity index (χ1v) is 7.08. The Morgan fingerprint density at radius 1 is 1.27 bits per heavy atom. The fourth-order valence-corrected chi connectivity index (χ4v) is 2.52. The largest absolute Gasteiger partial charge is 0.493 e. The number of rotatable bonds is 5. The number of anilines is 1. The second-order valence-corrected chi connectivity index (χ2v) is 5.33. The van der Waals surface area contributed by atoms with Crippen molar-refractivity contribution in [2.75, 3.05) is 26.1 Å². The molecule has 6 nitrogen and oxygen atoms in total. The minimum atomic E-state index is -0.691. The van der Waals surface area contributed by atoms with E-state index in [-0.39, 0.29) is 29.9 Å². The van der Waals surface area contributed by atoms with E-state index in [1.165, 1.54) is 0 Å². The number of aliphatic imine (C=N–C) groups is 1. The van der Waals surface area contributed by atoms with Crippen LogP contribution in [0.4, 0.5) is 5.69 Å². The van der Waals surface area contributed by atoms with E-state index in [9.17, 15) is 5.11 Å². The number of aliphatic hydroxyl groups is 1. The van der Waals surface area contributed by atoms with E-state index >= 15 is 0 Å². The number of hydrogen-bond acceptors (Lipinski definition) is 4. The molecule has 1 aromatic carbocycles. The zero-order chi connectivity index (χ0) is 15.3. The summed E-state index contributed by atoms with van der Waals surface area (Å²) in [6, 6.07) is 5.40. The number of nitrogens with one attached hydrogen (secondary N) is 1. The molecule has 1 aliphatic rings. The van der Waals surface area contributed by atoms with Gasteiger partial charge in [-0.1, -0.05) is 12.8 Å². The Morgan fingerprint density at radius 2 is 1.91 bits per heavy atom. The van der Waals surface area contributed by atoms with Gasteiger partial charge < -0.3 is 25.6 Å². The number of nitrogens with zero attached hydrogens (tertiary/aromatic N) is 1. The van der Waals surface area contributed by atoms with E-state index in [4.69, 9.17) is 15.2 Å². The zero-order valence-corrected chi connectivity index (χ0v) is 15.3. The Balaban J connectivity index is 0.00000242. The molecule has 4 N–H and O–H groups in total. The highest BCUT2D eigenvalue weighted by molar-refractivity contribution is 14.0. The minimum Gasteiger partial charge on any atom is -0.493 e. The number of guanidine groups is 1. The number of nitrogens with two attached hydrogens (primary N) is 1. The zero-order valence-electron chi connectivity index (χ0n) is 13.0. The van der Waals surface area contributed by atoms with E-state index in [0.717, 1.165) is 31.4 Å². The molecule has 0 atom stereocenters. The van der Waals surface area contributed by atoms with Crippen molar-refractivity contribution in [2.45, 2.75) is 31.3 Å². The summed E-state index contributed by atoms with van der Waals surface area (Å²) in [4.78, 5) is 4.23. The maximum absolute atomic E-state index is 10.2. The van der Waals surface area contributed by atoms with Crippen molar-refractivity contribution in [3.8, 4) is 11.5 Å². The van der Waals surface area contributed by atoms with Gasteiger partial charge in [0.05, 0.1) is 26.4 Å². The molecule has 124 valence electrons. The lowest BCUT2D eigenvalue weighted by Gasteiger charge is -2.19. The van der Waals surface area contributed by atoms with Crippen LogP contribution in [-0.4, -0.2) is 37.4 Å². The Hall–Kier alpha value is -1.22. The topological polar surface area (TPSA) is 89.1 Å². The maximum atomic E-state index is 10.2. The number of methoxy groups -OCH3 is 2. The fraction of sp³-hybridized carbons (Fsp3) is 0.533. The molecule has 2 rings (SSSR count). The smallest absolute Gasteiger partial charge is 0.193 e. The average molecular weight is 421 g/mol. The molecule has 0 radical (unpaired) electrons. The van der Waals surface area contributed by atoms with Gasteiger partial charge >= 0.3 is 0 Å². The van der Waals surface area contributed by atoms with Crippen LogP contribution >= 0.6 is 24.0 Å². The van der Waals surface area contributed by atoms with Gasteiger partial charge in [-0.3, -0.25) is 4.99 Å². The van der Waals surface area contributed by atoms with Crippen LogP contribution in [0.25, 0.3) is 0 Å².